The van der Waals surface area contributed by atoms with E-state index in [0.717, 1.165) is 18.8 Å². The Hall–Kier alpha value is -1.05. The quantitative estimate of drug-likeness (QED) is 0.351. The Balaban J connectivity index is 1.59. The second-order valence-electron chi connectivity index (χ2n) is 5.54. The summed E-state index contributed by atoms with van der Waals surface area (Å²) in [7, 11) is -3.38. The van der Waals surface area contributed by atoms with E-state index >= 15 is 0 Å². The Morgan fingerprint density at radius 3 is 2.67 bits per heavy atom. The minimum Gasteiger partial charge on any atom is -0.846 e. The molecule has 1 saturated carbocycles. The summed E-state index contributed by atoms with van der Waals surface area (Å²) in [5.74, 6) is 2.11. The van der Waals surface area contributed by atoms with Gasteiger partial charge in [-0.3, -0.25) is 9.71 Å². The number of hydrogen-bond acceptors (Lipinski definition) is 3. The van der Waals surface area contributed by atoms with Gasteiger partial charge in [-0.25, -0.2) is 4.21 Å². The summed E-state index contributed by atoms with van der Waals surface area (Å²) in [5.41, 5.74) is -4.94. The average molecular weight is 323 g/mol. The number of fused-ring (bicyclic) bond motifs is 2. The van der Waals surface area contributed by atoms with E-state index in [1.807, 2.05) is 0 Å². The maximum Gasteiger partial charge on any atom is 0.490 e. The molecule has 0 aromatic rings. The molecule has 4 nitrogen and oxygen atoms in total. The van der Waals surface area contributed by atoms with E-state index in [2.05, 4.69) is 17.1 Å². The molecule has 0 aromatic carbocycles. The van der Waals surface area contributed by atoms with Crippen LogP contribution < -0.4 is 9.83 Å². The molecule has 0 radical (unpaired) electrons. The number of nitrogens with one attached hydrogen (secondary N) is 1. The summed E-state index contributed by atoms with van der Waals surface area (Å²) in [4.78, 5) is 3.43. The zero-order chi connectivity index (χ0) is 15.5. The maximum atomic E-state index is 11.9. The van der Waals surface area contributed by atoms with Crippen LogP contribution in [0.15, 0.2) is 17.1 Å². The van der Waals surface area contributed by atoms with Gasteiger partial charge in [-0.1, -0.05) is 18.6 Å². The van der Waals surface area contributed by atoms with Crippen LogP contribution in [0.3, 0.4) is 0 Å². The van der Waals surface area contributed by atoms with Crippen LogP contribution in [0.1, 0.15) is 32.1 Å². The van der Waals surface area contributed by atoms with Gasteiger partial charge in [0.15, 0.2) is 0 Å². The molecule has 120 valence electrons. The van der Waals surface area contributed by atoms with Crippen molar-refractivity contribution in [3.63, 3.8) is 0 Å². The third kappa shape index (κ3) is 4.72. The molecule has 8 heteroatoms. The standard InChI is InChI=1S/C13H19F3N2O2S/c14-13(15,16)21(20)18-12(19)17-6-2-1-3-10-7-9-4-5-11(10)8-9/h4-5,9-11H,1-3,6-8H2,(H2,17,18,19)/p-1. The number of aliphatic imine (C=N–C) groups is 1. The minimum atomic E-state index is -4.94. The van der Waals surface area contributed by atoms with Crippen molar-refractivity contribution in [1.82, 2.24) is 4.72 Å². The average Bonchev–Trinajstić information content (AvgIpc) is 2.99. The van der Waals surface area contributed by atoms with Crippen LogP contribution in [0.4, 0.5) is 13.2 Å². The second kappa shape index (κ2) is 6.81. The molecular formula is C13H18F3N2O2S-. The molecule has 0 aliphatic heterocycles. The summed E-state index contributed by atoms with van der Waals surface area (Å²) in [6.45, 7) is 0.164. The molecule has 4 atom stereocenters. The normalized spacial score (nSPS) is 29.9. The molecule has 1 fully saturated rings. The van der Waals surface area contributed by atoms with Gasteiger partial charge in [0.05, 0.1) is 6.02 Å². The van der Waals surface area contributed by atoms with Crippen molar-refractivity contribution >= 4 is 17.0 Å². The van der Waals surface area contributed by atoms with Crippen molar-refractivity contribution in [1.29, 1.82) is 0 Å². The third-order valence-electron chi connectivity index (χ3n) is 4.05. The van der Waals surface area contributed by atoms with Crippen molar-refractivity contribution in [2.24, 2.45) is 22.7 Å². The zero-order valence-corrected chi connectivity index (χ0v) is 12.3. The Bertz CT molecular complexity index is 451. The van der Waals surface area contributed by atoms with Gasteiger partial charge >= 0.3 is 5.51 Å². The lowest BCUT2D eigenvalue weighted by Crippen LogP contribution is -2.41. The summed E-state index contributed by atoms with van der Waals surface area (Å²) < 4.78 is 47.7. The van der Waals surface area contributed by atoms with Crippen LogP contribution in [-0.2, 0) is 11.0 Å². The number of hydrogen-bond donors (Lipinski definition) is 1. The number of halogens is 3. The molecule has 0 spiro atoms. The topological polar surface area (TPSA) is 64.5 Å². The molecule has 2 aliphatic rings. The highest BCUT2D eigenvalue weighted by Crippen LogP contribution is 2.45. The summed E-state index contributed by atoms with van der Waals surface area (Å²) in [6.07, 6.45) is 9.66. The summed E-state index contributed by atoms with van der Waals surface area (Å²) >= 11 is 0. The van der Waals surface area contributed by atoms with Crippen LogP contribution >= 0.6 is 0 Å². The van der Waals surface area contributed by atoms with E-state index < -0.39 is 22.5 Å². The Labute approximate surface area is 124 Å². The highest BCUT2D eigenvalue weighted by molar-refractivity contribution is 7.84. The molecule has 0 saturated heterocycles. The number of amidine groups is 1. The lowest BCUT2D eigenvalue weighted by Gasteiger charge is -2.17. The highest BCUT2D eigenvalue weighted by atomic mass is 32.2. The van der Waals surface area contributed by atoms with Crippen molar-refractivity contribution < 1.29 is 22.5 Å². The first-order valence-electron chi connectivity index (χ1n) is 7.01. The Morgan fingerprint density at radius 2 is 2.10 bits per heavy atom. The van der Waals surface area contributed by atoms with Gasteiger partial charge in [0.2, 0.25) is 11.0 Å². The first kappa shape index (κ1) is 16.3. The van der Waals surface area contributed by atoms with Crippen LogP contribution in [0.25, 0.3) is 0 Å². The monoisotopic (exact) mass is 323 g/mol. The van der Waals surface area contributed by atoms with E-state index in [-0.39, 0.29) is 6.54 Å². The smallest absolute Gasteiger partial charge is 0.490 e. The van der Waals surface area contributed by atoms with E-state index in [9.17, 15) is 22.5 Å². The predicted molar refractivity (Wildman–Crippen MR) is 72.3 cm³/mol. The SMILES string of the molecule is O=S(NC([O-])=NCCCCC1CC2C=CC1C2)C(F)(F)F. The van der Waals surface area contributed by atoms with Crippen LogP contribution in [0.5, 0.6) is 0 Å². The zero-order valence-electron chi connectivity index (χ0n) is 11.4. The minimum absolute atomic E-state index is 0.164. The number of allylic oxidation sites excluding steroid dienone is 2. The van der Waals surface area contributed by atoms with Gasteiger partial charge in [0.25, 0.3) is 0 Å². The van der Waals surface area contributed by atoms with Crippen LogP contribution in [-0.4, -0.2) is 22.3 Å². The van der Waals surface area contributed by atoms with Crippen molar-refractivity contribution in [2.45, 2.75) is 37.6 Å². The fraction of sp³-hybridized carbons (Fsp3) is 0.769. The van der Waals surface area contributed by atoms with E-state index in [1.165, 1.54) is 17.6 Å². The molecule has 0 amide bonds. The summed E-state index contributed by atoms with van der Waals surface area (Å²) in [6, 6.07) is -1.17. The van der Waals surface area contributed by atoms with Gasteiger partial charge in [0, 0.05) is 6.54 Å². The molecule has 4 unspecified atom stereocenters. The molecule has 21 heavy (non-hydrogen) atoms. The third-order valence-corrected chi connectivity index (χ3v) is 4.83. The molecule has 1 N–H and O–H groups in total. The van der Waals surface area contributed by atoms with Gasteiger partial charge < -0.3 is 5.11 Å². The molecule has 2 rings (SSSR count). The predicted octanol–water partition coefficient (Wildman–Crippen LogP) is 1.86. The van der Waals surface area contributed by atoms with Gasteiger partial charge in [-0.2, -0.15) is 13.2 Å². The van der Waals surface area contributed by atoms with Crippen molar-refractivity contribution in [3.8, 4) is 0 Å². The molecule has 2 bridgehead atoms. The number of alkyl halides is 3. The summed E-state index contributed by atoms with van der Waals surface area (Å²) in [5, 5.41) is 11.0. The Morgan fingerprint density at radius 1 is 1.33 bits per heavy atom. The van der Waals surface area contributed by atoms with Gasteiger partial charge in [-0.15, -0.1) is 0 Å². The maximum absolute atomic E-state index is 11.9. The number of unbranched alkanes of at least 4 members (excludes halogenated alkanes) is 1. The molecule has 2 aliphatic carbocycles. The lowest BCUT2D eigenvalue weighted by molar-refractivity contribution is -0.219. The van der Waals surface area contributed by atoms with E-state index in [1.54, 1.807) is 0 Å². The molecular weight excluding hydrogens is 305 g/mol. The lowest BCUT2D eigenvalue weighted by atomic mass is 9.89. The van der Waals surface area contributed by atoms with Gasteiger partial charge in [0.1, 0.15) is 0 Å². The van der Waals surface area contributed by atoms with E-state index in [4.69, 9.17) is 0 Å². The molecule has 0 aromatic heterocycles. The van der Waals surface area contributed by atoms with Crippen LogP contribution in [0.2, 0.25) is 0 Å². The fourth-order valence-corrected chi connectivity index (χ4v) is 3.43. The van der Waals surface area contributed by atoms with Crippen LogP contribution in [0, 0.1) is 17.8 Å². The highest BCUT2D eigenvalue weighted by Gasteiger charge is 2.37. The fourth-order valence-electron chi connectivity index (χ4n) is 3.09. The number of rotatable bonds is 6. The van der Waals surface area contributed by atoms with E-state index in [0.29, 0.717) is 18.3 Å². The Kier molecular flexibility index (Phi) is 5.29. The molecule has 0 heterocycles. The van der Waals surface area contributed by atoms with Gasteiger partial charge in [-0.05, 0) is 43.4 Å². The van der Waals surface area contributed by atoms with Crippen molar-refractivity contribution in [2.75, 3.05) is 6.54 Å². The second-order valence-corrected chi connectivity index (χ2v) is 6.74. The first-order chi connectivity index (χ1) is 9.86. The van der Waals surface area contributed by atoms with Crippen molar-refractivity contribution in [3.05, 3.63) is 12.2 Å². The largest absolute Gasteiger partial charge is 0.846 e. The first-order valence-corrected chi connectivity index (χ1v) is 8.16. The number of nitrogens with zero attached hydrogens (tertiary/aromatic N) is 1.